The summed E-state index contributed by atoms with van der Waals surface area (Å²) in [4.78, 5) is 24.1. The van der Waals surface area contributed by atoms with Crippen LogP contribution in [0.1, 0.15) is 24.8 Å². The van der Waals surface area contributed by atoms with Gasteiger partial charge in [-0.2, -0.15) is 0 Å². The van der Waals surface area contributed by atoms with Crippen molar-refractivity contribution in [2.24, 2.45) is 5.92 Å². The predicted octanol–water partition coefficient (Wildman–Crippen LogP) is 2.45. The molecule has 0 fully saturated rings. The minimum atomic E-state index is -0.786. The lowest BCUT2D eigenvalue weighted by atomic mass is 9.77. The highest BCUT2D eigenvalue weighted by Gasteiger charge is 2.39. The van der Waals surface area contributed by atoms with Crippen molar-refractivity contribution >= 4 is 11.8 Å². The van der Waals surface area contributed by atoms with Crippen LogP contribution >= 0.6 is 0 Å². The van der Waals surface area contributed by atoms with Gasteiger partial charge in [0.2, 0.25) is 0 Å². The molecular formula is C16H18O4. The third-order valence-electron chi connectivity index (χ3n) is 3.45. The third kappa shape index (κ3) is 2.90. The van der Waals surface area contributed by atoms with Crippen LogP contribution in [0.2, 0.25) is 0 Å². The molecular weight excluding hydrogens is 256 g/mol. The molecule has 4 nitrogen and oxygen atoms in total. The van der Waals surface area contributed by atoms with Crippen molar-refractivity contribution < 1.29 is 19.1 Å². The number of benzene rings is 1. The molecule has 0 saturated carbocycles. The Bertz CT molecular complexity index is 519. The highest BCUT2D eigenvalue weighted by molar-refractivity contribution is 6.06. The van der Waals surface area contributed by atoms with Crippen LogP contribution in [0.15, 0.2) is 42.2 Å². The van der Waals surface area contributed by atoms with Crippen LogP contribution in [0.3, 0.4) is 0 Å². The zero-order chi connectivity index (χ0) is 14.5. The van der Waals surface area contributed by atoms with E-state index < -0.39 is 11.9 Å². The molecule has 0 aliphatic heterocycles. The number of rotatable bonds is 4. The number of allylic oxidation sites excluding steroid dienone is 2. The monoisotopic (exact) mass is 274 g/mol. The fourth-order valence-corrected chi connectivity index (χ4v) is 2.54. The molecule has 0 N–H and O–H groups in total. The van der Waals surface area contributed by atoms with E-state index in [1.165, 1.54) is 13.2 Å². The Morgan fingerprint density at radius 1 is 1.30 bits per heavy atom. The third-order valence-corrected chi connectivity index (χ3v) is 3.45. The van der Waals surface area contributed by atoms with Crippen molar-refractivity contribution in [3.63, 3.8) is 0 Å². The molecule has 0 spiro atoms. The van der Waals surface area contributed by atoms with E-state index in [0.717, 1.165) is 5.56 Å². The van der Waals surface area contributed by atoms with Crippen molar-refractivity contribution in [3.8, 4) is 0 Å². The summed E-state index contributed by atoms with van der Waals surface area (Å²) < 4.78 is 10.2. The Hall–Kier alpha value is -2.10. The minimum Gasteiger partial charge on any atom is -0.498 e. The van der Waals surface area contributed by atoms with Crippen molar-refractivity contribution in [3.05, 3.63) is 47.7 Å². The molecule has 0 heterocycles. The van der Waals surface area contributed by atoms with E-state index in [0.29, 0.717) is 18.8 Å². The van der Waals surface area contributed by atoms with Crippen molar-refractivity contribution in [1.29, 1.82) is 0 Å². The molecule has 0 radical (unpaired) electrons. The molecule has 2 atom stereocenters. The van der Waals surface area contributed by atoms with Crippen LogP contribution in [0.5, 0.6) is 0 Å². The van der Waals surface area contributed by atoms with Gasteiger partial charge in [-0.05, 0) is 12.5 Å². The van der Waals surface area contributed by atoms with Gasteiger partial charge in [0, 0.05) is 18.4 Å². The van der Waals surface area contributed by atoms with Crippen molar-refractivity contribution in [2.75, 3.05) is 13.7 Å². The molecule has 4 heteroatoms. The molecule has 1 aromatic rings. The van der Waals surface area contributed by atoms with Gasteiger partial charge in [0.15, 0.2) is 5.78 Å². The molecule has 0 amide bonds. The molecule has 2 unspecified atom stereocenters. The summed E-state index contributed by atoms with van der Waals surface area (Å²) in [6.07, 6.45) is 1.95. The zero-order valence-electron chi connectivity index (χ0n) is 11.7. The molecule has 106 valence electrons. The van der Waals surface area contributed by atoms with Gasteiger partial charge in [0.25, 0.3) is 0 Å². The summed E-state index contributed by atoms with van der Waals surface area (Å²) in [6.45, 7) is 2.37. The SMILES string of the molecule is CCOC1=CC(=O)C(C(=O)OC)C(c2ccccc2)C1. The number of hydrogen-bond acceptors (Lipinski definition) is 4. The van der Waals surface area contributed by atoms with E-state index >= 15 is 0 Å². The topological polar surface area (TPSA) is 52.6 Å². The van der Waals surface area contributed by atoms with Gasteiger partial charge in [0.1, 0.15) is 11.7 Å². The highest BCUT2D eigenvalue weighted by Crippen LogP contribution is 2.36. The van der Waals surface area contributed by atoms with Gasteiger partial charge in [0.05, 0.1) is 13.7 Å². The van der Waals surface area contributed by atoms with E-state index in [1.54, 1.807) is 0 Å². The number of carbonyl (C=O) groups excluding carboxylic acids is 2. The van der Waals surface area contributed by atoms with E-state index in [-0.39, 0.29) is 11.7 Å². The average Bonchev–Trinajstić information content (AvgIpc) is 2.47. The maximum atomic E-state index is 12.2. The van der Waals surface area contributed by atoms with Crippen molar-refractivity contribution in [2.45, 2.75) is 19.3 Å². The van der Waals surface area contributed by atoms with Crippen LogP contribution in [-0.2, 0) is 19.1 Å². The number of methoxy groups -OCH3 is 1. The molecule has 0 bridgehead atoms. The molecule has 0 aromatic heterocycles. The summed E-state index contributed by atoms with van der Waals surface area (Å²) in [5.74, 6) is -1.13. The molecule has 2 rings (SSSR count). The van der Waals surface area contributed by atoms with Gasteiger partial charge in [-0.3, -0.25) is 9.59 Å². The first-order valence-electron chi connectivity index (χ1n) is 6.67. The first-order valence-corrected chi connectivity index (χ1v) is 6.67. The molecule has 0 saturated heterocycles. The van der Waals surface area contributed by atoms with E-state index in [2.05, 4.69) is 0 Å². The van der Waals surface area contributed by atoms with Gasteiger partial charge in [-0.1, -0.05) is 30.3 Å². The summed E-state index contributed by atoms with van der Waals surface area (Å²) in [5, 5.41) is 0. The fourth-order valence-electron chi connectivity index (χ4n) is 2.54. The Labute approximate surface area is 118 Å². The van der Waals surface area contributed by atoms with Gasteiger partial charge in [-0.25, -0.2) is 0 Å². The number of esters is 1. The van der Waals surface area contributed by atoms with Crippen LogP contribution in [0, 0.1) is 5.92 Å². The lowest BCUT2D eigenvalue weighted by molar-refractivity contribution is -0.149. The minimum absolute atomic E-state index is 0.234. The maximum Gasteiger partial charge on any atom is 0.317 e. The van der Waals surface area contributed by atoms with Crippen LogP contribution in [-0.4, -0.2) is 25.5 Å². The maximum absolute atomic E-state index is 12.2. The standard InChI is InChI=1S/C16H18O4/c1-3-20-12-9-13(11-7-5-4-6-8-11)15(14(17)10-12)16(18)19-2/h4-8,10,13,15H,3,9H2,1-2H3. The van der Waals surface area contributed by atoms with E-state index in [4.69, 9.17) is 9.47 Å². The van der Waals surface area contributed by atoms with E-state index in [1.807, 2.05) is 37.3 Å². The molecule has 1 aromatic carbocycles. The number of carbonyl (C=O) groups is 2. The average molecular weight is 274 g/mol. The molecule has 20 heavy (non-hydrogen) atoms. The lowest BCUT2D eigenvalue weighted by Crippen LogP contribution is -2.34. The smallest absolute Gasteiger partial charge is 0.317 e. The Kier molecular flexibility index (Phi) is 4.56. The van der Waals surface area contributed by atoms with Gasteiger partial charge < -0.3 is 9.47 Å². The van der Waals surface area contributed by atoms with E-state index in [9.17, 15) is 9.59 Å². The Morgan fingerprint density at radius 3 is 2.60 bits per heavy atom. The van der Waals surface area contributed by atoms with Crippen LogP contribution in [0.25, 0.3) is 0 Å². The summed E-state index contributed by atoms with van der Waals surface area (Å²) in [5.41, 5.74) is 0.946. The quantitative estimate of drug-likeness (QED) is 0.625. The van der Waals surface area contributed by atoms with Crippen molar-refractivity contribution in [1.82, 2.24) is 0 Å². The lowest BCUT2D eigenvalue weighted by Gasteiger charge is -2.28. The van der Waals surface area contributed by atoms with Gasteiger partial charge in [-0.15, -0.1) is 0 Å². The largest absolute Gasteiger partial charge is 0.498 e. The zero-order valence-corrected chi connectivity index (χ0v) is 11.7. The molecule has 1 aliphatic rings. The summed E-state index contributed by atoms with van der Waals surface area (Å²) >= 11 is 0. The Balaban J connectivity index is 2.37. The summed E-state index contributed by atoms with van der Waals surface area (Å²) in [7, 11) is 1.31. The second-order valence-electron chi connectivity index (χ2n) is 4.67. The van der Waals surface area contributed by atoms with Crippen LogP contribution < -0.4 is 0 Å². The number of hydrogen-bond donors (Lipinski definition) is 0. The first kappa shape index (κ1) is 14.3. The highest BCUT2D eigenvalue weighted by atomic mass is 16.5. The van der Waals surface area contributed by atoms with Gasteiger partial charge >= 0.3 is 5.97 Å². The first-order chi connectivity index (χ1) is 9.67. The second kappa shape index (κ2) is 6.37. The second-order valence-corrected chi connectivity index (χ2v) is 4.67. The fraction of sp³-hybridized carbons (Fsp3) is 0.375. The Morgan fingerprint density at radius 2 is 2.00 bits per heavy atom. The summed E-state index contributed by atoms with van der Waals surface area (Å²) in [6, 6.07) is 9.53. The number of ether oxygens (including phenoxy) is 2. The van der Waals surface area contributed by atoms with Crippen LogP contribution in [0.4, 0.5) is 0 Å². The predicted molar refractivity (Wildman–Crippen MR) is 74.0 cm³/mol. The normalized spacial score (nSPS) is 22.1. The molecule has 1 aliphatic carbocycles. The number of ketones is 1.